The van der Waals surface area contributed by atoms with Crippen molar-refractivity contribution in [3.63, 3.8) is 0 Å². The molecule has 1 N–H and O–H groups in total. The smallest absolute Gasteiger partial charge is 0.344 e. The lowest BCUT2D eigenvalue weighted by Crippen LogP contribution is -2.36. The van der Waals surface area contributed by atoms with E-state index in [1.807, 2.05) is 18.2 Å². The van der Waals surface area contributed by atoms with E-state index in [0.717, 1.165) is 10.9 Å². The Hall–Kier alpha value is -2.91. The minimum absolute atomic E-state index is 0.0561. The van der Waals surface area contributed by atoms with E-state index in [1.165, 1.54) is 6.07 Å². The van der Waals surface area contributed by atoms with E-state index >= 15 is 0 Å². The Balaban J connectivity index is 1.62. The van der Waals surface area contributed by atoms with Crippen LogP contribution in [0.2, 0.25) is 0 Å². The summed E-state index contributed by atoms with van der Waals surface area (Å²) < 4.78 is 39.9. The maximum Gasteiger partial charge on any atom is 0.344 e. The molecular weight excluding hydrogens is 522 g/mol. The van der Waals surface area contributed by atoms with Crippen molar-refractivity contribution >= 4 is 48.6 Å². The Labute approximate surface area is 206 Å². The third kappa shape index (κ3) is 4.95. The van der Waals surface area contributed by atoms with E-state index in [1.54, 1.807) is 37.3 Å². The Morgan fingerprint density at radius 2 is 1.85 bits per heavy atom. The lowest BCUT2D eigenvalue weighted by Gasteiger charge is -2.27. The van der Waals surface area contributed by atoms with Gasteiger partial charge in [0.25, 0.3) is 10.0 Å². The molecule has 1 amide bonds. The fraction of sp³-hybridized carbons (Fsp3) is 0.280. The van der Waals surface area contributed by atoms with Gasteiger partial charge in [-0.1, -0.05) is 52.3 Å². The lowest BCUT2D eigenvalue weighted by atomic mass is 9.82. The fourth-order valence-corrected chi connectivity index (χ4v) is 6.20. The van der Waals surface area contributed by atoms with Crippen molar-refractivity contribution in [3.05, 3.63) is 70.2 Å². The molecule has 9 heteroatoms. The quantitative estimate of drug-likeness (QED) is 0.440. The minimum atomic E-state index is -4.10. The highest BCUT2D eigenvalue weighted by atomic mass is 79.9. The molecule has 0 saturated heterocycles. The number of rotatable bonds is 7. The normalized spacial score (nSPS) is 15.4. The summed E-state index contributed by atoms with van der Waals surface area (Å²) in [5, 5.41) is 1.32. The minimum Gasteiger partial charge on any atom is -0.482 e. The van der Waals surface area contributed by atoms with Gasteiger partial charge in [-0.3, -0.25) is 4.79 Å². The molecule has 1 aliphatic carbocycles. The maximum atomic E-state index is 13.3. The van der Waals surface area contributed by atoms with Crippen LogP contribution in [0.25, 0.3) is 10.8 Å². The molecule has 178 valence electrons. The number of nitrogens with one attached hydrogen (secondary N) is 1. The number of sulfonamides is 1. The number of esters is 1. The van der Waals surface area contributed by atoms with Crippen molar-refractivity contribution in [2.24, 2.45) is 0 Å². The Kier molecular flexibility index (Phi) is 7.23. The van der Waals surface area contributed by atoms with Crippen LogP contribution in [-0.4, -0.2) is 33.5 Å². The van der Waals surface area contributed by atoms with Crippen LogP contribution in [0.15, 0.2) is 64.0 Å². The second-order valence-corrected chi connectivity index (χ2v) is 10.4. The van der Waals surface area contributed by atoms with Crippen LogP contribution in [-0.2, 0) is 30.8 Å². The third-order valence-electron chi connectivity index (χ3n) is 5.77. The molecule has 34 heavy (non-hydrogen) atoms. The van der Waals surface area contributed by atoms with Crippen LogP contribution in [0.3, 0.4) is 0 Å². The molecule has 0 bridgehead atoms. The lowest BCUT2D eigenvalue weighted by molar-refractivity contribution is -0.145. The van der Waals surface area contributed by atoms with E-state index in [0.29, 0.717) is 40.4 Å². The number of hydrogen-bond acceptors (Lipinski definition) is 6. The standard InChI is InChI=1S/C25H24BrNO6S/c1-2-32-23(28)15-33-21-14-13-20(26)24-18(21)10-6-11-19(24)25(29)27-34(30,31)22-12-5-8-16-7-3-4-9-17(16)22/h3-5,7-9,12-14,19H,2,6,10-11,15H2,1H3,(H,27,29). The van der Waals surface area contributed by atoms with Crippen molar-refractivity contribution in [1.29, 1.82) is 0 Å². The molecule has 0 heterocycles. The number of ether oxygens (including phenoxy) is 2. The zero-order valence-corrected chi connectivity index (χ0v) is 20.9. The van der Waals surface area contributed by atoms with Gasteiger partial charge in [0, 0.05) is 9.86 Å². The average Bonchev–Trinajstić information content (AvgIpc) is 2.83. The number of carbonyl (C=O) groups is 2. The van der Waals surface area contributed by atoms with E-state index in [2.05, 4.69) is 20.7 Å². The summed E-state index contributed by atoms with van der Waals surface area (Å²) in [6.07, 6.45) is 1.81. The molecule has 0 aromatic heterocycles. The molecule has 0 spiro atoms. The van der Waals surface area contributed by atoms with Crippen LogP contribution < -0.4 is 9.46 Å². The Morgan fingerprint density at radius 1 is 1.09 bits per heavy atom. The van der Waals surface area contributed by atoms with Gasteiger partial charge in [0.2, 0.25) is 5.91 Å². The number of benzene rings is 3. The van der Waals surface area contributed by atoms with Crippen LogP contribution in [0.4, 0.5) is 0 Å². The summed E-state index contributed by atoms with van der Waals surface area (Å²) in [6, 6.07) is 15.6. The number of hydrogen-bond donors (Lipinski definition) is 1. The predicted molar refractivity (Wildman–Crippen MR) is 131 cm³/mol. The molecule has 3 aromatic carbocycles. The van der Waals surface area contributed by atoms with Gasteiger partial charge in [-0.2, -0.15) is 0 Å². The van der Waals surface area contributed by atoms with Gasteiger partial charge in [-0.05, 0) is 60.9 Å². The monoisotopic (exact) mass is 545 g/mol. The van der Waals surface area contributed by atoms with Crippen molar-refractivity contribution in [2.45, 2.75) is 37.0 Å². The highest BCUT2D eigenvalue weighted by molar-refractivity contribution is 9.10. The molecule has 3 aromatic rings. The fourth-order valence-electron chi connectivity index (χ4n) is 4.30. The third-order valence-corrected chi connectivity index (χ3v) is 7.87. The number of carbonyl (C=O) groups excluding carboxylic acids is 2. The first kappa shape index (κ1) is 24.2. The van der Waals surface area contributed by atoms with E-state index in [9.17, 15) is 18.0 Å². The molecule has 0 saturated carbocycles. The first-order valence-electron chi connectivity index (χ1n) is 11.0. The summed E-state index contributed by atoms with van der Waals surface area (Å²) in [4.78, 5) is 25.1. The molecule has 0 radical (unpaired) electrons. The van der Waals surface area contributed by atoms with Crippen LogP contribution in [0, 0.1) is 0 Å². The summed E-state index contributed by atoms with van der Waals surface area (Å²) in [5.74, 6) is -1.28. The molecule has 7 nitrogen and oxygen atoms in total. The summed E-state index contributed by atoms with van der Waals surface area (Å²) in [6.45, 7) is 1.73. The van der Waals surface area contributed by atoms with Gasteiger partial charge in [-0.15, -0.1) is 0 Å². The van der Waals surface area contributed by atoms with Crippen molar-refractivity contribution in [2.75, 3.05) is 13.2 Å². The highest BCUT2D eigenvalue weighted by Gasteiger charge is 2.33. The second kappa shape index (κ2) is 10.1. The van der Waals surface area contributed by atoms with E-state index in [4.69, 9.17) is 9.47 Å². The molecule has 1 aliphatic rings. The molecule has 1 atom stereocenters. The second-order valence-electron chi connectivity index (χ2n) is 7.92. The molecule has 1 unspecified atom stereocenters. The van der Waals surface area contributed by atoms with Crippen molar-refractivity contribution in [3.8, 4) is 5.75 Å². The van der Waals surface area contributed by atoms with E-state index in [-0.39, 0.29) is 18.1 Å². The molecule has 0 fully saturated rings. The van der Waals surface area contributed by atoms with Gasteiger partial charge < -0.3 is 9.47 Å². The number of halogens is 1. The largest absolute Gasteiger partial charge is 0.482 e. The maximum absolute atomic E-state index is 13.3. The zero-order valence-electron chi connectivity index (χ0n) is 18.5. The first-order chi connectivity index (χ1) is 16.3. The summed E-state index contributed by atoms with van der Waals surface area (Å²) >= 11 is 3.51. The van der Waals surface area contributed by atoms with Crippen LogP contribution in [0.1, 0.15) is 36.8 Å². The van der Waals surface area contributed by atoms with E-state index < -0.39 is 27.8 Å². The average molecular weight is 546 g/mol. The van der Waals surface area contributed by atoms with Gasteiger partial charge >= 0.3 is 5.97 Å². The van der Waals surface area contributed by atoms with Crippen LogP contribution in [0.5, 0.6) is 5.75 Å². The SMILES string of the molecule is CCOC(=O)COc1ccc(Br)c2c1CCCC2C(=O)NS(=O)(=O)c1cccc2ccccc12. The summed E-state index contributed by atoms with van der Waals surface area (Å²) in [7, 11) is -4.10. The van der Waals surface area contributed by atoms with Gasteiger partial charge in [0.15, 0.2) is 6.61 Å². The van der Waals surface area contributed by atoms with Gasteiger partial charge in [0.05, 0.1) is 17.4 Å². The molecular formula is C25H24BrNO6S. The topological polar surface area (TPSA) is 98.8 Å². The van der Waals surface area contributed by atoms with Gasteiger partial charge in [0.1, 0.15) is 5.75 Å². The van der Waals surface area contributed by atoms with Crippen molar-refractivity contribution in [1.82, 2.24) is 4.72 Å². The zero-order chi connectivity index (χ0) is 24.3. The Morgan fingerprint density at radius 3 is 2.65 bits per heavy atom. The van der Waals surface area contributed by atoms with Gasteiger partial charge in [-0.25, -0.2) is 17.9 Å². The van der Waals surface area contributed by atoms with Crippen molar-refractivity contribution < 1.29 is 27.5 Å². The number of fused-ring (bicyclic) bond motifs is 2. The first-order valence-corrected chi connectivity index (χ1v) is 13.2. The number of amides is 1. The summed E-state index contributed by atoms with van der Waals surface area (Å²) in [5.41, 5.74) is 1.46. The molecule has 4 rings (SSSR count). The predicted octanol–water partition coefficient (Wildman–Crippen LogP) is 4.47. The van der Waals surface area contributed by atoms with Crippen LogP contribution >= 0.6 is 15.9 Å². The highest BCUT2D eigenvalue weighted by Crippen LogP contribution is 2.41. The Bertz CT molecular complexity index is 1350. The molecule has 0 aliphatic heterocycles.